The van der Waals surface area contributed by atoms with Crippen molar-refractivity contribution < 1.29 is 19.4 Å². The zero-order chi connectivity index (χ0) is 14.8. The molecule has 19 heavy (non-hydrogen) atoms. The average Bonchev–Trinajstić information content (AvgIpc) is 2.71. The summed E-state index contributed by atoms with van der Waals surface area (Å²) in [5, 5.41) is 11.6. The standard InChI is InChI=1S/C13H19NO4S/c1-7(11(15)14-5)18-8-6-9(13(2,3)4)19-10(8)12(16)17/h6-7H,1-5H3,(H,14,15)(H,16,17). The van der Waals surface area contributed by atoms with Crippen LogP contribution in [0.5, 0.6) is 5.75 Å². The van der Waals surface area contributed by atoms with E-state index in [1.165, 1.54) is 18.4 Å². The van der Waals surface area contributed by atoms with E-state index in [0.717, 1.165) is 4.88 Å². The summed E-state index contributed by atoms with van der Waals surface area (Å²) < 4.78 is 5.45. The number of nitrogens with one attached hydrogen (secondary N) is 1. The van der Waals surface area contributed by atoms with Gasteiger partial charge in [0.2, 0.25) is 0 Å². The zero-order valence-electron chi connectivity index (χ0n) is 11.7. The largest absolute Gasteiger partial charge is 0.479 e. The van der Waals surface area contributed by atoms with E-state index >= 15 is 0 Å². The first-order chi connectivity index (χ1) is 8.66. The van der Waals surface area contributed by atoms with Gasteiger partial charge in [-0.05, 0) is 18.4 Å². The summed E-state index contributed by atoms with van der Waals surface area (Å²) in [6.07, 6.45) is -0.731. The van der Waals surface area contributed by atoms with Crippen LogP contribution < -0.4 is 10.1 Å². The highest BCUT2D eigenvalue weighted by atomic mass is 32.1. The molecule has 0 fully saturated rings. The monoisotopic (exact) mass is 285 g/mol. The Morgan fingerprint density at radius 3 is 2.42 bits per heavy atom. The third-order valence-corrected chi connectivity index (χ3v) is 4.08. The van der Waals surface area contributed by atoms with Crippen LogP contribution in [0.15, 0.2) is 6.07 Å². The average molecular weight is 285 g/mol. The second kappa shape index (κ2) is 5.61. The Hall–Kier alpha value is -1.56. The van der Waals surface area contributed by atoms with Crippen LogP contribution in [0.25, 0.3) is 0 Å². The van der Waals surface area contributed by atoms with Gasteiger partial charge >= 0.3 is 5.97 Å². The summed E-state index contributed by atoms with van der Waals surface area (Å²) in [7, 11) is 1.51. The van der Waals surface area contributed by atoms with Gasteiger partial charge in [0.15, 0.2) is 11.0 Å². The predicted molar refractivity (Wildman–Crippen MR) is 74.1 cm³/mol. The second-order valence-electron chi connectivity index (χ2n) is 5.23. The van der Waals surface area contributed by atoms with Gasteiger partial charge in [0.05, 0.1) is 0 Å². The van der Waals surface area contributed by atoms with Gasteiger partial charge in [-0.1, -0.05) is 20.8 Å². The molecule has 6 heteroatoms. The summed E-state index contributed by atoms with van der Waals surface area (Å²) in [4.78, 5) is 23.7. The van der Waals surface area contributed by atoms with Gasteiger partial charge in [-0.25, -0.2) is 4.79 Å². The molecule has 1 aromatic heterocycles. The van der Waals surface area contributed by atoms with E-state index in [1.54, 1.807) is 13.0 Å². The van der Waals surface area contributed by atoms with E-state index in [1.807, 2.05) is 20.8 Å². The molecular weight excluding hydrogens is 266 g/mol. The first kappa shape index (κ1) is 15.5. The van der Waals surface area contributed by atoms with Crippen molar-refractivity contribution in [3.8, 4) is 5.75 Å². The van der Waals surface area contributed by atoms with Gasteiger partial charge in [0.25, 0.3) is 5.91 Å². The lowest BCUT2D eigenvalue weighted by Crippen LogP contribution is -2.33. The quantitative estimate of drug-likeness (QED) is 0.889. The molecule has 1 heterocycles. The first-order valence-electron chi connectivity index (χ1n) is 5.92. The Morgan fingerprint density at radius 2 is 2.00 bits per heavy atom. The fourth-order valence-electron chi connectivity index (χ4n) is 1.43. The molecule has 0 spiro atoms. The molecule has 1 unspecified atom stereocenters. The van der Waals surface area contributed by atoms with E-state index in [9.17, 15) is 14.7 Å². The Kier molecular flexibility index (Phi) is 4.57. The molecule has 1 atom stereocenters. The topological polar surface area (TPSA) is 75.6 Å². The lowest BCUT2D eigenvalue weighted by atomic mass is 9.95. The molecule has 0 radical (unpaired) electrons. The maximum Gasteiger partial charge on any atom is 0.349 e. The van der Waals surface area contributed by atoms with Crippen molar-refractivity contribution in [2.24, 2.45) is 0 Å². The minimum atomic E-state index is -1.04. The molecule has 2 N–H and O–H groups in total. The Morgan fingerprint density at radius 1 is 1.42 bits per heavy atom. The molecule has 0 saturated carbocycles. The number of carboxylic acid groups (broad SMARTS) is 1. The van der Waals surface area contributed by atoms with Gasteiger partial charge < -0.3 is 15.2 Å². The van der Waals surface area contributed by atoms with Crippen LogP contribution in [0, 0.1) is 0 Å². The van der Waals surface area contributed by atoms with Crippen LogP contribution in [0.4, 0.5) is 0 Å². The fourth-order valence-corrected chi connectivity index (χ4v) is 2.41. The fraction of sp³-hybridized carbons (Fsp3) is 0.538. The van der Waals surface area contributed by atoms with Crippen LogP contribution in [-0.4, -0.2) is 30.1 Å². The zero-order valence-corrected chi connectivity index (χ0v) is 12.6. The SMILES string of the molecule is CNC(=O)C(C)Oc1cc(C(C)(C)C)sc1C(=O)O. The summed E-state index contributed by atoms with van der Waals surface area (Å²) in [6.45, 7) is 7.57. The number of aromatic carboxylic acids is 1. The lowest BCUT2D eigenvalue weighted by molar-refractivity contribution is -0.126. The summed E-state index contributed by atoms with van der Waals surface area (Å²) >= 11 is 1.18. The molecule has 106 valence electrons. The van der Waals surface area contributed by atoms with Crippen LogP contribution in [0.1, 0.15) is 42.2 Å². The van der Waals surface area contributed by atoms with E-state index in [4.69, 9.17) is 4.74 Å². The summed E-state index contributed by atoms with van der Waals surface area (Å²) in [5.74, 6) is -1.09. The predicted octanol–water partition coefficient (Wildman–Crippen LogP) is 2.26. The summed E-state index contributed by atoms with van der Waals surface area (Å²) in [6, 6.07) is 1.70. The van der Waals surface area contributed by atoms with Gasteiger partial charge in [-0.15, -0.1) is 11.3 Å². The molecule has 0 aliphatic rings. The number of likely N-dealkylation sites (N-methyl/N-ethyl adjacent to an activating group) is 1. The van der Waals surface area contributed by atoms with Crippen molar-refractivity contribution in [3.05, 3.63) is 15.8 Å². The smallest absolute Gasteiger partial charge is 0.349 e. The molecule has 5 nitrogen and oxygen atoms in total. The molecular formula is C13H19NO4S. The van der Waals surface area contributed by atoms with Gasteiger partial charge in [0, 0.05) is 11.9 Å². The van der Waals surface area contributed by atoms with Crippen LogP contribution in [0.2, 0.25) is 0 Å². The summed E-state index contributed by atoms with van der Waals surface area (Å²) in [5.41, 5.74) is -0.160. The van der Waals surface area contributed by atoms with Crippen LogP contribution >= 0.6 is 11.3 Å². The first-order valence-corrected chi connectivity index (χ1v) is 6.74. The number of ether oxygens (including phenoxy) is 1. The maximum atomic E-state index is 11.4. The molecule has 1 aromatic rings. The minimum absolute atomic E-state index is 0.126. The lowest BCUT2D eigenvalue weighted by Gasteiger charge is -2.15. The Bertz CT molecular complexity index is 487. The second-order valence-corrected chi connectivity index (χ2v) is 6.29. The number of rotatable bonds is 4. The van der Waals surface area contributed by atoms with E-state index in [-0.39, 0.29) is 21.9 Å². The van der Waals surface area contributed by atoms with Crippen molar-refractivity contribution in [1.29, 1.82) is 0 Å². The maximum absolute atomic E-state index is 11.4. The highest BCUT2D eigenvalue weighted by Gasteiger charge is 2.25. The van der Waals surface area contributed by atoms with Crippen molar-refractivity contribution in [2.75, 3.05) is 7.05 Å². The Labute approximate surface area is 116 Å². The number of carbonyl (C=O) groups excluding carboxylic acids is 1. The van der Waals surface area contributed by atoms with Crippen molar-refractivity contribution in [2.45, 2.75) is 39.2 Å². The molecule has 0 bridgehead atoms. The Balaban J connectivity index is 3.09. The number of amides is 1. The third kappa shape index (κ3) is 3.70. The highest BCUT2D eigenvalue weighted by molar-refractivity contribution is 7.14. The van der Waals surface area contributed by atoms with E-state index in [2.05, 4.69) is 5.32 Å². The molecule has 1 amide bonds. The van der Waals surface area contributed by atoms with Crippen LogP contribution in [-0.2, 0) is 10.2 Å². The van der Waals surface area contributed by atoms with Crippen molar-refractivity contribution in [3.63, 3.8) is 0 Å². The van der Waals surface area contributed by atoms with E-state index in [0.29, 0.717) is 0 Å². The number of hydrogen-bond acceptors (Lipinski definition) is 4. The highest BCUT2D eigenvalue weighted by Crippen LogP contribution is 2.37. The van der Waals surface area contributed by atoms with Crippen molar-refractivity contribution in [1.82, 2.24) is 5.32 Å². The van der Waals surface area contributed by atoms with Gasteiger partial charge in [0.1, 0.15) is 5.75 Å². The number of hydrogen-bond donors (Lipinski definition) is 2. The number of thiophene rings is 1. The van der Waals surface area contributed by atoms with Gasteiger partial charge in [-0.2, -0.15) is 0 Å². The molecule has 0 aliphatic heterocycles. The normalized spacial score (nSPS) is 12.9. The molecule has 0 aromatic carbocycles. The number of carbonyl (C=O) groups is 2. The molecule has 0 aliphatic carbocycles. The minimum Gasteiger partial charge on any atom is -0.479 e. The number of carboxylic acids is 1. The van der Waals surface area contributed by atoms with Crippen molar-refractivity contribution >= 4 is 23.2 Å². The van der Waals surface area contributed by atoms with E-state index < -0.39 is 12.1 Å². The molecule has 0 saturated heterocycles. The van der Waals surface area contributed by atoms with Gasteiger partial charge in [-0.3, -0.25) is 4.79 Å². The van der Waals surface area contributed by atoms with Crippen LogP contribution in [0.3, 0.4) is 0 Å². The molecule has 1 rings (SSSR count). The third-order valence-electron chi connectivity index (χ3n) is 2.55.